The van der Waals surface area contributed by atoms with Crippen LogP contribution in [0.25, 0.3) is 0 Å². The second kappa shape index (κ2) is 8.50. The lowest BCUT2D eigenvalue weighted by Gasteiger charge is -2.17. The third-order valence-corrected chi connectivity index (χ3v) is 4.99. The highest BCUT2D eigenvalue weighted by Crippen LogP contribution is 2.29. The molecule has 2 nitrogen and oxygen atoms in total. The molecule has 0 radical (unpaired) electrons. The van der Waals surface area contributed by atoms with Gasteiger partial charge in [0.05, 0.1) is 12.0 Å². The summed E-state index contributed by atoms with van der Waals surface area (Å²) >= 11 is 0. The molecular formula is C25H24N2. The summed E-state index contributed by atoms with van der Waals surface area (Å²) in [6, 6.07) is 32.1. The molecule has 1 heterocycles. The van der Waals surface area contributed by atoms with Gasteiger partial charge in [-0.3, -0.25) is 0 Å². The van der Waals surface area contributed by atoms with E-state index in [0.717, 1.165) is 25.1 Å². The molecule has 0 N–H and O–H groups in total. The van der Waals surface area contributed by atoms with E-state index < -0.39 is 0 Å². The van der Waals surface area contributed by atoms with Crippen LogP contribution in [0.3, 0.4) is 0 Å². The Morgan fingerprint density at radius 1 is 0.704 bits per heavy atom. The van der Waals surface area contributed by atoms with Gasteiger partial charge >= 0.3 is 0 Å². The molecule has 0 fully saturated rings. The quantitative estimate of drug-likeness (QED) is 0.417. The van der Waals surface area contributed by atoms with E-state index in [9.17, 15) is 0 Å². The molecular weight excluding hydrogens is 328 g/mol. The fourth-order valence-electron chi connectivity index (χ4n) is 3.60. The molecule has 0 spiro atoms. The Kier molecular flexibility index (Phi) is 5.44. The first-order chi connectivity index (χ1) is 13.4. The summed E-state index contributed by atoms with van der Waals surface area (Å²) in [5.41, 5.74) is 5.19. The number of benzene rings is 3. The van der Waals surface area contributed by atoms with Crippen LogP contribution in [0, 0.1) is 0 Å². The van der Waals surface area contributed by atoms with Crippen LogP contribution in [-0.2, 0) is 13.0 Å². The van der Waals surface area contributed by atoms with Crippen molar-refractivity contribution in [2.45, 2.75) is 25.3 Å². The van der Waals surface area contributed by atoms with Crippen LogP contribution in [0.15, 0.2) is 104 Å². The van der Waals surface area contributed by atoms with Crippen molar-refractivity contribution >= 4 is 0 Å². The summed E-state index contributed by atoms with van der Waals surface area (Å²) in [5, 5.41) is 0. The van der Waals surface area contributed by atoms with Gasteiger partial charge in [0.25, 0.3) is 0 Å². The van der Waals surface area contributed by atoms with Crippen LogP contribution in [0.2, 0.25) is 0 Å². The number of hydrogen-bond donors (Lipinski definition) is 0. The predicted octanol–water partition coefficient (Wildman–Crippen LogP) is 5.70. The Hall–Kier alpha value is -3.13. The van der Waals surface area contributed by atoms with E-state index in [1.807, 2.05) is 6.33 Å². The standard InChI is InChI=1S/C25H24N2/c1-4-10-21(11-5-1)18-27-19-24(26-20-27)16-17-25(22-12-6-2-7-13-22)23-14-8-3-9-15-23/h1-15,19-20,25H,16-18H2. The van der Waals surface area contributed by atoms with Gasteiger partial charge in [-0.1, -0.05) is 91.0 Å². The smallest absolute Gasteiger partial charge is 0.0952 e. The van der Waals surface area contributed by atoms with E-state index in [1.165, 1.54) is 16.7 Å². The third-order valence-electron chi connectivity index (χ3n) is 4.99. The monoisotopic (exact) mass is 352 g/mol. The van der Waals surface area contributed by atoms with Crippen LogP contribution in [0.1, 0.15) is 34.7 Å². The fraction of sp³-hybridized carbons (Fsp3) is 0.160. The number of aromatic nitrogens is 2. The first-order valence-electron chi connectivity index (χ1n) is 9.53. The molecule has 3 aromatic carbocycles. The number of aryl methyl sites for hydroxylation is 1. The summed E-state index contributed by atoms with van der Waals surface area (Å²) in [4.78, 5) is 4.63. The van der Waals surface area contributed by atoms with E-state index in [1.54, 1.807) is 0 Å². The molecule has 4 aromatic rings. The van der Waals surface area contributed by atoms with Crippen molar-refractivity contribution in [2.75, 3.05) is 0 Å². The first kappa shape index (κ1) is 17.3. The van der Waals surface area contributed by atoms with Crippen LogP contribution in [0.4, 0.5) is 0 Å². The average molecular weight is 352 g/mol. The van der Waals surface area contributed by atoms with Crippen LogP contribution >= 0.6 is 0 Å². The van der Waals surface area contributed by atoms with E-state index in [0.29, 0.717) is 5.92 Å². The van der Waals surface area contributed by atoms with Crippen LogP contribution in [-0.4, -0.2) is 9.55 Å². The molecule has 0 unspecified atom stereocenters. The van der Waals surface area contributed by atoms with Crippen molar-refractivity contribution in [3.8, 4) is 0 Å². The maximum absolute atomic E-state index is 4.63. The Morgan fingerprint density at radius 3 is 1.85 bits per heavy atom. The van der Waals surface area contributed by atoms with Gasteiger partial charge < -0.3 is 4.57 Å². The van der Waals surface area contributed by atoms with E-state index in [4.69, 9.17) is 0 Å². The molecule has 4 rings (SSSR count). The molecule has 0 aliphatic heterocycles. The topological polar surface area (TPSA) is 17.8 Å². The minimum Gasteiger partial charge on any atom is -0.333 e. The minimum absolute atomic E-state index is 0.395. The van der Waals surface area contributed by atoms with Gasteiger partial charge in [-0.15, -0.1) is 0 Å². The second-order valence-electron chi connectivity index (χ2n) is 6.94. The van der Waals surface area contributed by atoms with Crippen molar-refractivity contribution in [1.82, 2.24) is 9.55 Å². The molecule has 27 heavy (non-hydrogen) atoms. The Labute approximate surface area is 161 Å². The van der Waals surface area contributed by atoms with Crippen molar-refractivity contribution in [3.63, 3.8) is 0 Å². The Bertz CT molecular complexity index is 904. The number of rotatable bonds is 7. The Balaban J connectivity index is 1.47. The van der Waals surface area contributed by atoms with Crippen molar-refractivity contribution in [2.24, 2.45) is 0 Å². The SMILES string of the molecule is c1ccc(Cn2cnc(CCC(c3ccccc3)c3ccccc3)c2)cc1. The lowest BCUT2D eigenvalue weighted by Crippen LogP contribution is -2.03. The summed E-state index contributed by atoms with van der Waals surface area (Å²) in [5.74, 6) is 0.395. The largest absolute Gasteiger partial charge is 0.333 e. The summed E-state index contributed by atoms with van der Waals surface area (Å²) in [7, 11) is 0. The molecule has 0 atom stereocenters. The lowest BCUT2D eigenvalue weighted by molar-refractivity contribution is 0.705. The molecule has 134 valence electrons. The van der Waals surface area contributed by atoms with Crippen molar-refractivity contribution in [1.29, 1.82) is 0 Å². The molecule has 0 saturated carbocycles. The Morgan fingerprint density at radius 2 is 1.26 bits per heavy atom. The second-order valence-corrected chi connectivity index (χ2v) is 6.94. The summed E-state index contributed by atoms with van der Waals surface area (Å²) < 4.78 is 2.17. The third kappa shape index (κ3) is 4.53. The fourth-order valence-corrected chi connectivity index (χ4v) is 3.60. The van der Waals surface area contributed by atoms with E-state index >= 15 is 0 Å². The van der Waals surface area contributed by atoms with Crippen LogP contribution < -0.4 is 0 Å². The molecule has 2 heteroatoms. The number of imidazole rings is 1. The van der Waals surface area contributed by atoms with Crippen molar-refractivity contribution < 1.29 is 0 Å². The van der Waals surface area contributed by atoms with Gasteiger partial charge in [0, 0.05) is 18.7 Å². The maximum atomic E-state index is 4.63. The maximum Gasteiger partial charge on any atom is 0.0952 e. The first-order valence-corrected chi connectivity index (χ1v) is 9.53. The zero-order valence-corrected chi connectivity index (χ0v) is 15.4. The summed E-state index contributed by atoms with van der Waals surface area (Å²) in [6.07, 6.45) is 6.15. The van der Waals surface area contributed by atoms with E-state index in [-0.39, 0.29) is 0 Å². The van der Waals surface area contributed by atoms with Gasteiger partial charge in [0.1, 0.15) is 0 Å². The average Bonchev–Trinajstić information content (AvgIpc) is 3.18. The highest BCUT2D eigenvalue weighted by molar-refractivity contribution is 5.32. The normalized spacial score (nSPS) is 11.0. The molecule has 0 saturated heterocycles. The molecule has 1 aromatic heterocycles. The summed E-state index contributed by atoms with van der Waals surface area (Å²) in [6.45, 7) is 0.870. The van der Waals surface area contributed by atoms with Gasteiger partial charge in [0.15, 0.2) is 0 Å². The predicted molar refractivity (Wildman–Crippen MR) is 111 cm³/mol. The van der Waals surface area contributed by atoms with Crippen molar-refractivity contribution in [3.05, 3.63) is 126 Å². The zero-order chi connectivity index (χ0) is 18.3. The molecule has 0 bridgehead atoms. The van der Waals surface area contributed by atoms with Crippen LogP contribution in [0.5, 0.6) is 0 Å². The van der Waals surface area contributed by atoms with Gasteiger partial charge in [-0.05, 0) is 29.5 Å². The number of nitrogens with zero attached hydrogens (tertiary/aromatic N) is 2. The van der Waals surface area contributed by atoms with Gasteiger partial charge in [-0.2, -0.15) is 0 Å². The van der Waals surface area contributed by atoms with Gasteiger partial charge in [-0.25, -0.2) is 4.98 Å². The zero-order valence-electron chi connectivity index (χ0n) is 15.4. The lowest BCUT2D eigenvalue weighted by atomic mass is 9.87. The highest BCUT2D eigenvalue weighted by Gasteiger charge is 2.14. The molecule has 0 aliphatic rings. The number of hydrogen-bond acceptors (Lipinski definition) is 1. The highest BCUT2D eigenvalue weighted by atomic mass is 15.0. The van der Waals surface area contributed by atoms with Gasteiger partial charge in [0.2, 0.25) is 0 Å². The van der Waals surface area contributed by atoms with E-state index in [2.05, 4.69) is 107 Å². The molecule has 0 aliphatic carbocycles. The minimum atomic E-state index is 0.395. The molecule has 0 amide bonds.